The highest BCUT2D eigenvalue weighted by molar-refractivity contribution is 6.22. The zero-order chi connectivity index (χ0) is 14.8. The van der Waals surface area contributed by atoms with Crippen LogP contribution in [0.3, 0.4) is 0 Å². The minimum Gasteiger partial charge on any atom is -0.494 e. The molecule has 1 aromatic rings. The number of nitrogens with one attached hydrogen (secondary N) is 2. The van der Waals surface area contributed by atoms with Crippen LogP contribution in [0.15, 0.2) is 24.3 Å². The summed E-state index contributed by atoms with van der Waals surface area (Å²) in [5, 5.41) is 4.30. The number of rotatable bonds is 4. The van der Waals surface area contributed by atoms with Gasteiger partial charge in [0.05, 0.1) is 6.61 Å². The zero-order valence-corrected chi connectivity index (χ0v) is 11.4. The second kappa shape index (κ2) is 5.32. The molecule has 6 nitrogen and oxygen atoms in total. The molecule has 0 spiro atoms. The standard InChI is InChI=1S/C14H16N2O4/c1-3-14(11(17)15-13(19)16-12(14)18)9-5-7-10(8-6-9)20-4-2/h5-8H,3-4H2,1-2H3,(H2,15,16,17,18,19). The number of hydrogen-bond acceptors (Lipinski definition) is 4. The molecule has 0 saturated carbocycles. The first kappa shape index (κ1) is 14.0. The Labute approximate surface area is 116 Å². The maximum Gasteiger partial charge on any atom is 0.328 e. The van der Waals surface area contributed by atoms with Crippen LogP contribution in [0, 0.1) is 0 Å². The van der Waals surface area contributed by atoms with Gasteiger partial charge in [-0.15, -0.1) is 0 Å². The second-order valence-corrected chi connectivity index (χ2v) is 4.45. The van der Waals surface area contributed by atoms with Gasteiger partial charge in [-0.2, -0.15) is 0 Å². The van der Waals surface area contributed by atoms with Crippen LogP contribution in [0.25, 0.3) is 0 Å². The van der Waals surface area contributed by atoms with Gasteiger partial charge in [0, 0.05) is 0 Å². The molecular weight excluding hydrogens is 260 g/mol. The molecule has 1 aliphatic rings. The van der Waals surface area contributed by atoms with Crippen LogP contribution in [0.1, 0.15) is 25.8 Å². The molecule has 2 N–H and O–H groups in total. The molecule has 0 unspecified atom stereocenters. The zero-order valence-electron chi connectivity index (χ0n) is 11.4. The number of benzene rings is 1. The van der Waals surface area contributed by atoms with Crippen molar-refractivity contribution >= 4 is 17.8 Å². The van der Waals surface area contributed by atoms with Gasteiger partial charge in [-0.05, 0) is 31.0 Å². The van der Waals surface area contributed by atoms with E-state index in [1.165, 1.54) is 0 Å². The Morgan fingerprint density at radius 2 is 1.55 bits per heavy atom. The van der Waals surface area contributed by atoms with E-state index in [-0.39, 0.29) is 6.42 Å². The monoisotopic (exact) mass is 276 g/mol. The van der Waals surface area contributed by atoms with Crippen molar-refractivity contribution in [3.63, 3.8) is 0 Å². The molecule has 0 aliphatic carbocycles. The van der Waals surface area contributed by atoms with E-state index in [1.807, 2.05) is 6.92 Å². The molecule has 106 valence electrons. The van der Waals surface area contributed by atoms with Gasteiger partial charge < -0.3 is 4.74 Å². The first-order chi connectivity index (χ1) is 9.54. The van der Waals surface area contributed by atoms with Gasteiger partial charge >= 0.3 is 6.03 Å². The summed E-state index contributed by atoms with van der Waals surface area (Å²) in [6.45, 7) is 4.13. The summed E-state index contributed by atoms with van der Waals surface area (Å²) in [4.78, 5) is 35.5. The Morgan fingerprint density at radius 3 is 2.00 bits per heavy atom. The summed E-state index contributed by atoms with van der Waals surface area (Å²) in [7, 11) is 0. The summed E-state index contributed by atoms with van der Waals surface area (Å²) >= 11 is 0. The minimum atomic E-state index is -1.38. The number of amides is 4. The van der Waals surface area contributed by atoms with Crippen molar-refractivity contribution in [2.24, 2.45) is 0 Å². The Bertz CT molecular complexity index is 531. The van der Waals surface area contributed by atoms with Gasteiger partial charge in [0.1, 0.15) is 5.75 Å². The molecule has 20 heavy (non-hydrogen) atoms. The van der Waals surface area contributed by atoms with Crippen molar-refractivity contribution in [1.82, 2.24) is 10.6 Å². The maximum absolute atomic E-state index is 12.2. The fourth-order valence-electron chi connectivity index (χ4n) is 2.34. The largest absolute Gasteiger partial charge is 0.494 e. The number of imide groups is 2. The van der Waals surface area contributed by atoms with Crippen molar-refractivity contribution in [3.8, 4) is 5.75 Å². The summed E-state index contributed by atoms with van der Waals surface area (Å²) in [6, 6.07) is 5.96. The lowest BCUT2D eigenvalue weighted by atomic mass is 9.75. The normalized spacial score (nSPS) is 17.4. The van der Waals surface area contributed by atoms with Gasteiger partial charge in [0.2, 0.25) is 11.8 Å². The SMILES string of the molecule is CCOc1ccc(C2(CC)C(=O)NC(=O)NC2=O)cc1. The first-order valence-electron chi connectivity index (χ1n) is 6.44. The van der Waals surface area contributed by atoms with E-state index in [4.69, 9.17) is 4.74 Å². The fraction of sp³-hybridized carbons (Fsp3) is 0.357. The van der Waals surface area contributed by atoms with Crippen LogP contribution in [-0.2, 0) is 15.0 Å². The smallest absolute Gasteiger partial charge is 0.328 e. The second-order valence-electron chi connectivity index (χ2n) is 4.45. The van der Waals surface area contributed by atoms with E-state index < -0.39 is 23.3 Å². The number of ether oxygens (including phenoxy) is 1. The van der Waals surface area contributed by atoms with Crippen LogP contribution >= 0.6 is 0 Å². The molecule has 1 fully saturated rings. The molecule has 6 heteroatoms. The van der Waals surface area contributed by atoms with Gasteiger partial charge in [-0.1, -0.05) is 19.1 Å². The Kier molecular flexibility index (Phi) is 3.74. The molecule has 1 aromatic carbocycles. The van der Waals surface area contributed by atoms with Gasteiger partial charge in [0.25, 0.3) is 0 Å². The summed E-state index contributed by atoms with van der Waals surface area (Å²) in [5.41, 5.74) is -0.843. The van der Waals surface area contributed by atoms with E-state index in [1.54, 1.807) is 31.2 Å². The van der Waals surface area contributed by atoms with Crippen molar-refractivity contribution in [2.75, 3.05) is 6.61 Å². The number of hydrogen-bond donors (Lipinski definition) is 2. The minimum absolute atomic E-state index is 0.256. The number of urea groups is 1. The molecule has 1 heterocycles. The average Bonchev–Trinajstić information content (AvgIpc) is 2.41. The molecular formula is C14H16N2O4. The summed E-state index contributed by atoms with van der Waals surface area (Å²) in [5.74, 6) is -0.536. The third-order valence-electron chi connectivity index (χ3n) is 3.42. The number of barbiturate groups is 1. The van der Waals surface area contributed by atoms with Gasteiger partial charge in [-0.25, -0.2) is 4.79 Å². The third kappa shape index (κ3) is 2.13. The summed E-state index contributed by atoms with van der Waals surface area (Å²) < 4.78 is 5.33. The highest BCUT2D eigenvalue weighted by Gasteiger charge is 2.50. The van der Waals surface area contributed by atoms with Gasteiger partial charge in [0.15, 0.2) is 5.41 Å². The Balaban J connectivity index is 2.42. The lowest BCUT2D eigenvalue weighted by Crippen LogP contribution is -2.64. The highest BCUT2D eigenvalue weighted by atomic mass is 16.5. The number of carbonyl (C=O) groups excluding carboxylic acids is 3. The number of carbonyl (C=O) groups is 3. The molecule has 1 saturated heterocycles. The fourth-order valence-corrected chi connectivity index (χ4v) is 2.34. The molecule has 1 aliphatic heterocycles. The Morgan fingerprint density at radius 1 is 1.00 bits per heavy atom. The topological polar surface area (TPSA) is 84.5 Å². The van der Waals surface area contributed by atoms with E-state index >= 15 is 0 Å². The summed E-state index contributed by atoms with van der Waals surface area (Å²) in [6.07, 6.45) is 0.256. The molecule has 2 rings (SSSR count). The molecule has 4 amide bonds. The molecule has 0 atom stereocenters. The van der Waals surface area contributed by atoms with Crippen molar-refractivity contribution in [2.45, 2.75) is 25.7 Å². The van der Waals surface area contributed by atoms with Crippen molar-refractivity contribution < 1.29 is 19.1 Å². The van der Waals surface area contributed by atoms with Gasteiger partial charge in [-0.3, -0.25) is 20.2 Å². The van der Waals surface area contributed by atoms with E-state index in [0.717, 1.165) is 0 Å². The van der Waals surface area contributed by atoms with E-state index in [0.29, 0.717) is 17.9 Å². The van der Waals surface area contributed by atoms with Crippen LogP contribution in [0.5, 0.6) is 5.75 Å². The third-order valence-corrected chi connectivity index (χ3v) is 3.42. The predicted molar refractivity (Wildman–Crippen MR) is 71.3 cm³/mol. The van der Waals surface area contributed by atoms with Crippen LogP contribution in [0.4, 0.5) is 4.79 Å². The lowest BCUT2D eigenvalue weighted by molar-refractivity contribution is -0.138. The first-order valence-corrected chi connectivity index (χ1v) is 6.44. The Hall–Kier alpha value is -2.37. The average molecular weight is 276 g/mol. The van der Waals surface area contributed by atoms with Crippen molar-refractivity contribution in [1.29, 1.82) is 0 Å². The highest BCUT2D eigenvalue weighted by Crippen LogP contribution is 2.31. The predicted octanol–water partition coefficient (Wildman–Crippen LogP) is 1.10. The van der Waals surface area contributed by atoms with E-state index in [9.17, 15) is 14.4 Å². The van der Waals surface area contributed by atoms with Crippen molar-refractivity contribution in [3.05, 3.63) is 29.8 Å². The molecule has 0 radical (unpaired) electrons. The lowest BCUT2D eigenvalue weighted by Gasteiger charge is -2.33. The van der Waals surface area contributed by atoms with Crippen LogP contribution < -0.4 is 15.4 Å². The maximum atomic E-state index is 12.2. The van der Waals surface area contributed by atoms with E-state index in [2.05, 4.69) is 10.6 Å². The quantitative estimate of drug-likeness (QED) is 0.806. The van der Waals surface area contributed by atoms with Crippen LogP contribution in [-0.4, -0.2) is 24.5 Å². The molecule has 0 aromatic heterocycles. The van der Waals surface area contributed by atoms with Crippen LogP contribution in [0.2, 0.25) is 0 Å². The molecule has 0 bridgehead atoms.